The molecule has 12 heavy (non-hydrogen) atoms. The normalized spacial score (nSPS) is 10.8. The van der Waals surface area contributed by atoms with Gasteiger partial charge in [-0.25, -0.2) is 4.79 Å². The van der Waals surface area contributed by atoms with Crippen LogP contribution in [0.5, 0.6) is 0 Å². The van der Waals surface area contributed by atoms with Gasteiger partial charge in [0.25, 0.3) is 0 Å². The fourth-order valence-corrected chi connectivity index (χ4v) is 1.14. The lowest BCUT2D eigenvalue weighted by Gasteiger charge is -1.99. The first-order valence-electron chi connectivity index (χ1n) is 3.27. The van der Waals surface area contributed by atoms with Gasteiger partial charge < -0.3 is 0 Å². The summed E-state index contributed by atoms with van der Waals surface area (Å²) in [5, 5.41) is 0. The summed E-state index contributed by atoms with van der Waals surface area (Å²) in [5.74, 6) is -1.12. The Bertz CT molecular complexity index is 253. The van der Waals surface area contributed by atoms with Crippen LogP contribution in [0, 0.1) is 0 Å². The largest absolute Gasteiger partial charge is 0.366 e. The van der Waals surface area contributed by atoms with E-state index in [1.165, 1.54) is 0 Å². The molecule has 0 aromatic heterocycles. The number of carbonyl (C=O) groups is 1. The van der Waals surface area contributed by atoms with Gasteiger partial charge in [0.15, 0.2) is 0 Å². The van der Waals surface area contributed by atoms with Crippen molar-refractivity contribution in [2.75, 3.05) is 5.75 Å². The molecule has 0 saturated heterocycles. The van der Waals surface area contributed by atoms with Crippen molar-refractivity contribution >= 4 is 16.1 Å². The van der Waals surface area contributed by atoms with Gasteiger partial charge in [-0.2, -0.15) is 8.42 Å². The van der Waals surface area contributed by atoms with E-state index in [1.807, 2.05) is 0 Å². The van der Waals surface area contributed by atoms with E-state index in [4.69, 9.17) is 0 Å². The highest BCUT2D eigenvalue weighted by Crippen LogP contribution is 1.97. The van der Waals surface area contributed by atoms with Crippen molar-refractivity contribution < 1.29 is 22.4 Å². The van der Waals surface area contributed by atoms with E-state index in [9.17, 15) is 13.2 Å². The number of carbonyl (C=O) groups excluding carboxylic acids is 1. The first-order chi connectivity index (χ1) is 5.52. The molecular formula is C6H10O5S. The third kappa shape index (κ3) is 4.86. The summed E-state index contributed by atoms with van der Waals surface area (Å²) in [6.07, 6.45) is 1.20. The Morgan fingerprint density at radius 2 is 2.17 bits per heavy atom. The number of rotatable bonds is 5. The highest BCUT2D eigenvalue weighted by molar-refractivity contribution is 7.86. The lowest BCUT2D eigenvalue weighted by Crippen LogP contribution is -2.12. The quantitative estimate of drug-likeness (QED) is 0.359. The van der Waals surface area contributed by atoms with Crippen molar-refractivity contribution in [3.05, 3.63) is 12.7 Å². The summed E-state index contributed by atoms with van der Waals surface area (Å²) in [5.41, 5.74) is 0. The first-order valence-corrected chi connectivity index (χ1v) is 4.84. The van der Waals surface area contributed by atoms with Gasteiger partial charge in [-0.1, -0.05) is 17.8 Å². The topological polar surface area (TPSA) is 69.7 Å². The molecule has 5 nitrogen and oxygen atoms in total. The zero-order chi connectivity index (χ0) is 9.61. The van der Waals surface area contributed by atoms with Crippen LogP contribution < -0.4 is 0 Å². The van der Waals surface area contributed by atoms with Crippen molar-refractivity contribution in [2.45, 2.75) is 13.3 Å². The second-order valence-corrected chi connectivity index (χ2v) is 3.60. The van der Waals surface area contributed by atoms with Crippen LogP contribution in [-0.4, -0.2) is 20.1 Å². The Labute approximate surface area is 71.0 Å². The van der Waals surface area contributed by atoms with Crippen LogP contribution in [0.3, 0.4) is 0 Å². The third-order valence-electron chi connectivity index (χ3n) is 0.841. The van der Waals surface area contributed by atoms with E-state index in [2.05, 4.69) is 15.8 Å². The Morgan fingerprint density at radius 3 is 2.58 bits per heavy atom. The molecule has 70 valence electrons. The van der Waals surface area contributed by atoms with E-state index >= 15 is 0 Å². The smallest absolute Gasteiger partial charge is 0.277 e. The average Bonchev–Trinajstić information content (AvgIpc) is 2.00. The molecule has 0 unspecified atom stereocenters. The lowest BCUT2D eigenvalue weighted by molar-refractivity contribution is -0.204. The summed E-state index contributed by atoms with van der Waals surface area (Å²) in [4.78, 5) is 14.2. The van der Waals surface area contributed by atoms with Crippen LogP contribution in [0.2, 0.25) is 0 Å². The molecule has 0 aliphatic heterocycles. The van der Waals surface area contributed by atoms with Crippen molar-refractivity contribution in [2.24, 2.45) is 0 Å². The van der Waals surface area contributed by atoms with Gasteiger partial charge >= 0.3 is 16.1 Å². The zero-order valence-corrected chi connectivity index (χ0v) is 7.46. The first kappa shape index (κ1) is 11.1. The van der Waals surface area contributed by atoms with Gasteiger partial charge in [-0.15, -0.1) is 0 Å². The molecule has 0 aromatic carbocycles. The van der Waals surface area contributed by atoms with Crippen molar-refractivity contribution in [1.82, 2.24) is 0 Å². The second kappa shape index (κ2) is 4.89. The maximum Gasteiger partial charge on any atom is 0.366 e. The Balaban J connectivity index is 3.92. The molecule has 0 spiro atoms. The Kier molecular flexibility index (Phi) is 4.53. The lowest BCUT2D eigenvalue weighted by atomic mass is 10.6. The number of hydrogen-bond acceptors (Lipinski definition) is 5. The van der Waals surface area contributed by atoms with Crippen LogP contribution in [-0.2, 0) is 24.1 Å². The summed E-state index contributed by atoms with van der Waals surface area (Å²) in [6, 6.07) is 0. The predicted molar refractivity (Wildman–Crippen MR) is 41.5 cm³/mol. The predicted octanol–water partition coefficient (Wildman–Crippen LogP) is 0.387. The summed E-state index contributed by atoms with van der Waals surface area (Å²) in [7, 11) is -3.73. The summed E-state index contributed by atoms with van der Waals surface area (Å²) >= 11 is 0. The highest BCUT2D eigenvalue weighted by Gasteiger charge is 2.12. The fraction of sp³-hybridized carbons (Fsp3) is 0.500. The van der Waals surface area contributed by atoms with E-state index in [0.29, 0.717) is 6.42 Å². The molecule has 6 heteroatoms. The van der Waals surface area contributed by atoms with Crippen LogP contribution in [0.1, 0.15) is 13.3 Å². The zero-order valence-electron chi connectivity index (χ0n) is 6.65. The van der Waals surface area contributed by atoms with Gasteiger partial charge in [0.05, 0.1) is 5.75 Å². The minimum Gasteiger partial charge on any atom is -0.277 e. The monoisotopic (exact) mass is 194 g/mol. The van der Waals surface area contributed by atoms with Crippen molar-refractivity contribution in [3.63, 3.8) is 0 Å². The van der Waals surface area contributed by atoms with Crippen molar-refractivity contribution in [3.8, 4) is 0 Å². The molecule has 0 rings (SSSR count). The molecule has 0 aliphatic carbocycles. The maximum atomic E-state index is 10.7. The highest BCUT2D eigenvalue weighted by atomic mass is 32.2. The molecule has 0 saturated carbocycles. The molecule has 0 N–H and O–H groups in total. The van der Waals surface area contributed by atoms with Crippen LogP contribution in [0.4, 0.5) is 0 Å². The van der Waals surface area contributed by atoms with Gasteiger partial charge in [0, 0.05) is 6.08 Å². The SMILES string of the molecule is C=CC(=O)OOS(=O)(=O)CCC. The van der Waals surface area contributed by atoms with Crippen LogP contribution >= 0.6 is 0 Å². The molecule has 0 aliphatic rings. The van der Waals surface area contributed by atoms with Crippen molar-refractivity contribution in [1.29, 1.82) is 0 Å². The molecule has 0 aromatic rings. The Morgan fingerprint density at radius 1 is 1.58 bits per heavy atom. The van der Waals surface area contributed by atoms with E-state index in [1.54, 1.807) is 6.92 Å². The molecule has 0 fully saturated rings. The summed E-state index contributed by atoms with van der Waals surface area (Å²) in [6.45, 7) is 4.72. The molecule has 0 amide bonds. The van der Waals surface area contributed by atoms with Gasteiger partial charge in [-0.3, -0.25) is 4.89 Å². The number of hydrogen-bond donors (Lipinski definition) is 0. The third-order valence-corrected chi connectivity index (χ3v) is 2.02. The summed E-state index contributed by atoms with van der Waals surface area (Å²) < 4.78 is 25.3. The van der Waals surface area contributed by atoms with Gasteiger partial charge in [-0.05, 0) is 6.42 Å². The molecule has 0 radical (unpaired) electrons. The van der Waals surface area contributed by atoms with Gasteiger partial charge in [0.2, 0.25) is 0 Å². The van der Waals surface area contributed by atoms with E-state index in [-0.39, 0.29) is 5.75 Å². The average molecular weight is 194 g/mol. The van der Waals surface area contributed by atoms with E-state index < -0.39 is 16.1 Å². The minimum atomic E-state index is -3.73. The van der Waals surface area contributed by atoms with Gasteiger partial charge in [0.1, 0.15) is 0 Å². The standard InChI is InChI=1S/C6H10O5S/c1-3-5-12(8,9)11-10-6(7)4-2/h4H,2-3,5H2,1H3. The molecule has 0 heterocycles. The molecular weight excluding hydrogens is 184 g/mol. The second-order valence-electron chi connectivity index (χ2n) is 1.94. The van der Waals surface area contributed by atoms with Crippen LogP contribution in [0.15, 0.2) is 12.7 Å². The Hall–Kier alpha value is -0.880. The maximum absolute atomic E-state index is 10.7. The molecule has 0 bridgehead atoms. The van der Waals surface area contributed by atoms with E-state index in [0.717, 1.165) is 6.08 Å². The van der Waals surface area contributed by atoms with Crippen LogP contribution in [0.25, 0.3) is 0 Å². The molecule has 0 atom stereocenters. The fourth-order valence-electron chi connectivity index (χ4n) is 0.403. The minimum absolute atomic E-state index is 0.183.